The van der Waals surface area contributed by atoms with Crippen molar-refractivity contribution in [1.82, 2.24) is 10.3 Å². The summed E-state index contributed by atoms with van der Waals surface area (Å²) in [5, 5.41) is 3.37. The molecule has 0 saturated carbocycles. The largest absolute Gasteiger partial charge is 0.490 e. The molecule has 0 aliphatic carbocycles. The van der Waals surface area contributed by atoms with E-state index < -0.39 is 0 Å². The molecule has 15 heavy (non-hydrogen) atoms. The predicted molar refractivity (Wildman–Crippen MR) is 62.2 cm³/mol. The van der Waals surface area contributed by atoms with Crippen LogP contribution in [-0.2, 0) is 0 Å². The number of rotatable bonds is 4. The zero-order chi connectivity index (χ0) is 11.3. The van der Waals surface area contributed by atoms with Crippen LogP contribution in [0.1, 0.15) is 26.5 Å². The summed E-state index contributed by atoms with van der Waals surface area (Å²) < 4.78 is 5.61. The first-order valence-electron chi connectivity index (χ1n) is 5.28. The van der Waals surface area contributed by atoms with Gasteiger partial charge in [-0.25, -0.2) is 0 Å². The number of aryl methyl sites for hydroxylation is 1. The number of hydrogen-bond donors (Lipinski definition) is 1. The molecule has 0 unspecified atom stereocenters. The molecule has 0 radical (unpaired) electrons. The van der Waals surface area contributed by atoms with Crippen molar-refractivity contribution in [1.29, 1.82) is 0 Å². The molecule has 0 saturated heterocycles. The van der Waals surface area contributed by atoms with Crippen molar-refractivity contribution in [2.24, 2.45) is 0 Å². The van der Waals surface area contributed by atoms with Crippen LogP contribution in [0, 0.1) is 6.92 Å². The van der Waals surface area contributed by atoms with Crippen LogP contribution in [0.4, 0.5) is 0 Å². The molecule has 1 heterocycles. The molecule has 0 aromatic carbocycles. The van der Waals surface area contributed by atoms with Crippen LogP contribution in [-0.4, -0.2) is 23.7 Å². The summed E-state index contributed by atoms with van der Waals surface area (Å²) in [5.74, 6) is 0.869. The third-order valence-corrected chi connectivity index (χ3v) is 1.97. The molecule has 84 valence electrons. The van der Waals surface area contributed by atoms with Gasteiger partial charge in [-0.1, -0.05) is 0 Å². The average molecular weight is 208 g/mol. The van der Waals surface area contributed by atoms with E-state index in [1.54, 1.807) is 6.20 Å². The monoisotopic (exact) mass is 208 g/mol. The van der Waals surface area contributed by atoms with Gasteiger partial charge in [0.25, 0.3) is 0 Å². The Labute approximate surface area is 91.9 Å². The highest BCUT2D eigenvalue weighted by Gasteiger charge is 2.07. The number of aromatic nitrogens is 1. The molecule has 3 nitrogen and oxygen atoms in total. The van der Waals surface area contributed by atoms with Crippen molar-refractivity contribution >= 4 is 0 Å². The maximum Gasteiger partial charge on any atom is 0.140 e. The van der Waals surface area contributed by atoms with E-state index in [0.29, 0.717) is 6.61 Å². The number of nitrogens with one attached hydrogen (secondary N) is 1. The molecule has 0 atom stereocenters. The fourth-order valence-electron chi connectivity index (χ4n) is 1.21. The van der Waals surface area contributed by atoms with Gasteiger partial charge >= 0.3 is 0 Å². The van der Waals surface area contributed by atoms with E-state index in [1.807, 2.05) is 19.1 Å². The zero-order valence-electron chi connectivity index (χ0n) is 10.0. The van der Waals surface area contributed by atoms with Crippen molar-refractivity contribution in [2.75, 3.05) is 13.2 Å². The molecule has 0 aliphatic rings. The van der Waals surface area contributed by atoms with Crippen molar-refractivity contribution < 1.29 is 4.74 Å². The Morgan fingerprint density at radius 1 is 1.40 bits per heavy atom. The minimum Gasteiger partial charge on any atom is -0.490 e. The number of hydrogen-bond acceptors (Lipinski definition) is 3. The Morgan fingerprint density at radius 2 is 2.13 bits per heavy atom. The third-order valence-electron chi connectivity index (χ3n) is 1.97. The Hall–Kier alpha value is -1.09. The minimum atomic E-state index is 0.146. The molecule has 0 fully saturated rings. The summed E-state index contributed by atoms with van der Waals surface area (Å²) >= 11 is 0. The fraction of sp³-hybridized carbons (Fsp3) is 0.583. The maximum absolute atomic E-state index is 5.61. The van der Waals surface area contributed by atoms with E-state index in [2.05, 4.69) is 31.1 Å². The second kappa shape index (κ2) is 5.12. The van der Waals surface area contributed by atoms with E-state index in [-0.39, 0.29) is 5.54 Å². The van der Waals surface area contributed by atoms with Crippen LogP contribution in [0.5, 0.6) is 5.75 Å². The van der Waals surface area contributed by atoms with E-state index in [1.165, 1.54) is 0 Å². The van der Waals surface area contributed by atoms with Crippen LogP contribution >= 0.6 is 0 Å². The summed E-state index contributed by atoms with van der Waals surface area (Å²) in [4.78, 5) is 4.16. The molecule has 0 spiro atoms. The maximum atomic E-state index is 5.61. The fourth-order valence-corrected chi connectivity index (χ4v) is 1.21. The highest BCUT2D eigenvalue weighted by molar-refractivity contribution is 5.25. The van der Waals surface area contributed by atoms with Gasteiger partial charge < -0.3 is 10.1 Å². The van der Waals surface area contributed by atoms with Crippen molar-refractivity contribution in [3.05, 3.63) is 24.0 Å². The standard InChI is InChI=1S/C12H20N2O/c1-10-11(6-5-7-13-10)15-9-8-14-12(2,3)4/h5-7,14H,8-9H2,1-4H3. The van der Waals surface area contributed by atoms with Gasteiger partial charge in [-0.05, 0) is 39.8 Å². The third kappa shape index (κ3) is 4.79. The van der Waals surface area contributed by atoms with Crippen molar-refractivity contribution in [2.45, 2.75) is 33.2 Å². The Kier molecular flexibility index (Phi) is 4.09. The summed E-state index contributed by atoms with van der Waals surface area (Å²) in [6.45, 7) is 9.89. The first-order valence-corrected chi connectivity index (χ1v) is 5.28. The van der Waals surface area contributed by atoms with Crippen molar-refractivity contribution in [3.63, 3.8) is 0 Å². The molecule has 1 rings (SSSR count). The van der Waals surface area contributed by atoms with Gasteiger partial charge in [0.05, 0.1) is 5.69 Å². The van der Waals surface area contributed by atoms with Crippen LogP contribution in [0.3, 0.4) is 0 Å². The number of pyridine rings is 1. The second-order valence-electron chi connectivity index (χ2n) is 4.61. The van der Waals surface area contributed by atoms with Gasteiger partial charge in [0, 0.05) is 18.3 Å². The van der Waals surface area contributed by atoms with Gasteiger partial charge in [0.2, 0.25) is 0 Å². The van der Waals surface area contributed by atoms with Crippen LogP contribution in [0.25, 0.3) is 0 Å². The lowest BCUT2D eigenvalue weighted by atomic mass is 10.1. The molecular formula is C12H20N2O. The van der Waals surface area contributed by atoms with Gasteiger partial charge in [0.1, 0.15) is 12.4 Å². The van der Waals surface area contributed by atoms with Gasteiger partial charge in [-0.2, -0.15) is 0 Å². The zero-order valence-corrected chi connectivity index (χ0v) is 10.0. The van der Waals surface area contributed by atoms with Crippen LogP contribution < -0.4 is 10.1 Å². The lowest BCUT2D eigenvalue weighted by molar-refractivity contribution is 0.288. The summed E-state index contributed by atoms with van der Waals surface area (Å²) in [5.41, 5.74) is 1.08. The second-order valence-corrected chi connectivity index (χ2v) is 4.61. The highest BCUT2D eigenvalue weighted by Crippen LogP contribution is 2.12. The molecule has 0 amide bonds. The minimum absolute atomic E-state index is 0.146. The Morgan fingerprint density at radius 3 is 2.73 bits per heavy atom. The normalized spacial score (nSPS) is 11.5. The Balaban J connectivity index is 2.30. The van der Waals surface area contributed by atoms with Gasteiger partial charge in [-0.3, -0.25) is 4.98 Å². The first-order chi connectivity index (χ1) is 6.99. The van der Waals surface area contributed by atoms with E-state index >= 15 is 0 Å². The summed E-state index contributed by atoms with van der Waals surface area (Å²) in [6.07, 6.45) is 1.77. The van der Waals surface area contributed by atoms with Crippen LogP contribution in [0.15, 0.2) is 18.3 Å². The number of ether oxygens (including phenoxy) is 1. The van der Waals surface area contributed by atoms with E-state index in [0.717, 1.165) is 18.0 Å². The lowest BCUT2D eigenvalue weighted by Crippen LogP contribution is -2.38. The first kappa shape index (κ1) is 12.0. The predicted octanol–water partition coefficient (Wildman–Crippen LogP) is 2.16. The van der Waals surface area contributed by atoms with E-state index in [9.17, 15) is 0 Å². The molecule has 1 aromatic rings. The van der Waals surface area contributed by atoms with Crippen molar-refractivity contribution in [3.8, 4) is 5.75 Å². The molecule has 3 heteroatoms. The quantitative estimate of drug-likeness (QED) is 0.770. The summed E-state index contributed by atoms with van der Waals surface area (Å²) in [7, 11) is 0. The van der Waals surface area contributed by atoms with Gasteiger partial charge in [-0.15, -0.1) is 0 Å². The summed E-state index contributed by atoms with van der Waals surface area (Å²) in [6, 6.07) is 3.83. The molecule has 0 aliphatic heterocycles. The number of nitrogens with zero attached hydrogens (tertiary/aromatic N) is 1. The Bertz CT molecular complexity index is 305. The molecule has 1 N–H and O–H groups in total. The van der Waals surface area contributed by atoms with Gasteiger partial charge in [0.15, 0.2) is 0 Å². The van der Waals surface area contributed by atoms with E-state index in [4.69, 9.17) is 4.74 Å². The SMILES string of the molecule is Cc1ncccc1OCCNC(C)(C)C. The smallest absolute Gasteiger partial charge is 0.140 e. The molecule has 1 aromatic heterocycles. The highest BCUT2D eigenvalue weighted by atomic mass is 16.5. The molecular weight excluding hydrogens is 188 g/mol. The van der Waals surface area contributed by atoms with Crippen LogP contribution in [0.2, 0.25) is 0 Å². The topological polar surface area (TPSA) is 34.1 Å². The molecule has 0 bridgehead atoms. The lowest BCUT2D eigenvalue weighted by Gasteiger charge is -2.20. The average Bonchev–Trinajstić information content (AvgIpc) is 2.13.